The molecule has 28 heavy (non-hydrogen) atoms. The summed E-state index contributed by atoms with van der Waals surface area (Å²) in [5.41, 5.74) is 2.79. The van der Waals surface area contributed by atoms with Crippen LogP contribution in [0, 0.1) is 6.92 Å². The number of anilines is 2. The molecule has 148 valence electrons. The van der Waals surface area contributed by atoms with Crippen LogP contribution in [0.3, 0.4) is 0 Å². The summed E-state index contributed by atoms with van der Waals surface area (Å²) in [6, 6.07) is 12.4. The van der Waals surface area contributed by atoms with Gasteiger partial charge in [-0.25, -0.2) is 0 Å². The lowest BCUT2D eigenvalue weighted by Crippen LogP contribution is -2.34. The molecule has 2 aromatic rings. The number of rotatable bonds is 7. The molecule has 0 aliphatic rings. The van der Waals surface area contributed by atoms with Crippen molar-refractivity contribution in [3.05, 3.63) is 53.6 Å². The van der Waals surface area contributed by atoms with Gasteiger partial charge >= 0.3 is 0 Å². The van der Waals surface area contributed by atoms with E-state index in [2.05, 4.69) is 16.0 Å². The first-order chi connectivity index (χ1) is 13.4. The summed E-state index contributed by atoms with van der Waals surface area (Å²) in [5.74, 6) is 0.342. The number of hydrogen-bond acceptors (Lipinski definition) is 4. The normalized spacial score (nSPS) is 10.1. The van der Waals surface area contributed by atoms with E-state index in [1.165, 1.54) is 0 Å². The molecule has 0 unspecified atom stereocenters. The molecule has 6 nitrogen and oxygen atoms in total. The van der Waals surface area contributed by atoms with Gasteiger partial charge in [-0.2, -0.15) is 0 Å². The van der Waals surface area contributed by atoms with Crippen LogP contribution in [0.15, 0.2) is 42.5 Å². The van der Waals surface area contributed by atoms with Gasteiger partial charge in [-0.15, -0.1) is 0 Å². The number of thiocarbonyl (C=S) groups is 1. The Hall–Kier alpha value is -2.93. The molecule has 0 saturated carbocycles. The predicted molar refractivity (Wildman–Crippen MR) is 116 cm³/mol. The van der Waals surface area contributed by atoms with E-state index in [0.29, 0.717) is 30.0 Å². The molecule has 0 fully saturated rings. The standard InChI is InChI=1S/C21H25N3O3S/c1-4-12-27-17-10-7-15(8-11-17)20(26)24-21(28)22-16-9-6-14(3)18(13-16)23-19(25)5-2/h6-11,13H,4-5,12H2,1-3H3,(H,23,25)(H2,22,24,26,28). The highest BCUT2D eigenvalue weighted by atomic mass is 32.1. The monoisotopic (exact) mass is 399 g/mol. The van der Waals surface area contributed by atoms with E-state index in [1.54, 1.807) is 37.3 Å². The van der Waals surface area contributed by atoms with Crippen molar-refractivity contribution in [2.45, 2.75) is 33.6 Å². The molecule has 0 radical (unpaired) electrons. The Labute approximate surface area is 170 Å². The summed E-state index contributed by atoms with van der Waals surface area (Å²) in [4.78, 5) is 24.0. The molecule has 0 heterocycles. The third-order valence-electron chi connectivity index (χ3n) is 3.91. The SMILES string of the molecule is CCCOc1ccc(C(=O)NC(=S)Nc2ccc(C)c(NC(=O)CC)c2)cc1. The zero-order chi connectivity index (χ0) is 20.5. The second-order valence-corrected chi connectivity index (χ2v) is 6.62. The van der Waals surface area contributed by atoms with Gasteiger partial charge in [0.1, 0.15) is 5.75 Å². The van der Waals surface area contributed by atoms with Crippen LogP contribution in [-0.2, 0) is 4.79 Å². The number of aryl methyl sites for hydroxylation is 1. The third kappa shape index (κ3) is 6.35. The highest BCUT2D eigenvalue weighted by Crippen LogP contribution is 2.20. The van der Waals surface area contributed by atoms with E-state index in [4.69, 9.17) is 17.0 Å². The van der Waals surface area contributed by atoms with E-state index < -0.39 is 0 Å². The molecule has 0 bridgehead atoms. The molecule has 0 aromatic heterocycles. The van der Waals surface area contributed by atoms with Crippen molar-refractivity contribution in [2.75, 3.05) is 17.2 Å². The van der Waals surface area contributed by atoms with E-state index in [1.807, 2.05) is 26.0 Å². The van der Waals surface area contributed by atoms with Crippen LogP contribution in [0.25, 0.3) is 0 Å². The number of carbonyl (C=O) groups is 2. The number of carbonyl (C=O) groups excluding carboxylic acids is 2. The molecule has 2 aromatic carbocycles. The lowest BCUT2D eigenvalue weighted by molar-refractivity contribution is -0.115. The molecule has 0 atom stereocenters. The molecule has 7 heteroatoms. The molecule has 0 aliphatic carbocycles. The van der Waals surface area contributed by atoms with Gasteiger partial charge in [0.15, 0.2) is 5.11 Å². The van der Waals surface area contributed by atoms with Crippen LogP contribution in [0.4, 0.5) is 11.4 Å². The number of amides is 2. The quantitative estimate of drug-likeness (QED) is 0.606. The summed E-state index contributed by atoms with van der Waals surface area (Å²) in [7, 11) is 0. The maximum absolute atomic E-state index is 12.3. The maximum Gasteiger partial charge on any atom is 0.257 e. The van der Waals surface area contributed by atoms with Gasteiger partial charge in [-0.1, -0.05) is 19.9 Å². The van der Waals surface area contributed by atoms with E-state index in [0.717, 1.165) is 17.7 Å². The van der Waals surface area contributed by atoms with Gasteiger partial charge in [0, 0.05) is 23.4 Å². The molecule has 0 spiro atoms. The molecular weight excluding hydrogens is 374 g/mol. The largest absolute Gasteiger partial charge is 0.494 e. The predicted octanol–water partition coefficient (Wildman–Crippen LogP) is 4.26. The van der Waals surface area contributed by atoms with E-state index >= 15 is 0 Å². The molecule has 2 rings (SSSR count). The van der Waals surface area contributed by atoms with Crippen molar-refractivity contribution in [1.82, 2.24) is 5.32 Å². The van der Waals surface area contributed by atoms with Crippen LogP contribution in [0.5, 0.6) is 5.75 Å². The smallest absolute Gasteiger partial charge is 0.257 e. The fourth-order valence-electron chi connectivity index (χ4n) is 2.33. The van der Waals surface area contributed by atoms with Gasteiger partial charge < -0.3 is 15.4 Å². The van der Waals surface area contributed by atoms with Crippen molar-refractivity contribution in [1.29, 1.82) is 0 Å². The summed E-state index contributed by atoms with van der Waals surface area (Å²) >= 11 is 5.23. The zero-order valence-corrected chi connectivity index (χ0v) is 17.1. The van der Waals surface area contributed by atoms with Gasteiger partial charge in [0.05, 0.1) is 6.61 Å². The second kappa shape index (κ2) is 10.4. The molecule has 0 aliphatic heterocycles. The van der Waals surface area contributed by atoms with Crippen LogP contribution >= 0.6 is 12.2 Å². The first-order valence-electron chi connectivity index (χ1n) is 9.18. The average Bonchev–Trinajstić information content (AvgIpc) is 2.69. The minimum Gasteiger partial charge on any atom is -0.494 e. The Bertz CT molecular complexity index is 850. The minimum absolute atomic E-state index is 0.0671. The summed E-state index contributed by atoms with van der Waals surface area (Å²) in [6.45, 7) is 6.37. The lowest BCUT2D eigenvalue weighted by atomic mass is 10.1. The highest BCUT2D eigenvalue weighted by Gasteiger charge is 2.10. The van der Waals surface area contributed by atoms with Gasteiger partial charge in [-0.05, 0) is 67.5 Å². The Morgan fingerprint density at radius 3 is 2.39 bits per heavy atom. The second-order valence-electron chi connectivity index (χ2n) is 6.21. The fraction of sp³-hybridized carbons (Fsp3) is 0.286. The van der Waals surface area contributed by atoms with Gasteiger partial charge in [0.2, 0.25) is 5.91 Å². The number of nitrogens with one attached hydrogen (secondary N) is 3. The molecular formula is C21H25N3O3S. The molecule has 0 saturated heterocycles. The summed E-state index contributed by atoms with van der Waals surface area (Å²) in [5, 5.41) is 8.62. The van der Waals surface area contributed by atoms with Crippen LogP contribution in [0.2, 0.25) is 0 Å². The van der Waals surface area contributed by atoms with Crippen LogP contribution in [0.1, 0.15) is 42.6 Å². The lowest BCUT2D eigenvalue weighted by Gasteiger charge is -2.13. The maximum atomic E-state index is 12.3. The Balaban J connectivity index is 1.97. The van der Waals surface area contributed by atoms with Crippen LogP contribution < -0.4 is 20.7 Å². The Morgan fingerprint density at radius 2 is 1.75 bits per heavy atom. The fourth-order valence-corrected chi connectivity index (χ4v) is 2.54. The van der Waals surface area contributed by atoms with Crippen molar-refractivity contribution in [3.63, 3.8) is 0 Å². The van der Waals surface area contributed by atoms with Crippen molar-refractivity contribution in [2.24, 2.45) is 0 Å². The van der Waals surface area contributed by atoms with Crippen LogP contribution in [-0.4, -0.2) is 23.5 Å². The summed E-state index contributed by atoms with van der Waals surface area (Å²) < 4.78 is 5.51. The van der Waals surface area contributed by atoms with E-state index in [-0.39, 0.29) is 16.9 Å². The third-order valence-corrected chi connectivity index (χ3v) is 4.11. The number of ether oxygens (including phenoxy) is 1. The van der Waals surface area contributed by atoms with Crippen molar-refractivity contribution in [3.8, 4) is 5.75 Å². The first-order valence-corrected chi connectivity index (χ1v) is 9.59. The first kappa shape index (κ1) is 21.4. The number of hydrogen-bond donors (Lipinski definition) is 3. The van der Waals surface area contributed by atoms with Gasteiger partial charge in [-0.3, -0.25) is 14.9 Å². The average molecular weight is 400 g/mol. The topological polar surface area (TPSA) is 79.5 Å². The molecule has 3 N–H and O–H groups in total. The van der Waals surface area contributed by atoms with Gasteiger partial charge in [0.25, 0.3) is 5.91 Å². The number of benzene rings is 2. The molecule has 2 amide bonds. The summed E-state index contributed by atoms with van der Waals surface area (Å²) in [6.07, 6.45) is 1.32. The van der Waals surface area contributed by atoms with E-state index in [9.17, 15) is 9.59 Å². The zero-order valence-electron chi connectivity index (χ0n) is 16.3. The minimum atomic E-state index is -0.314. The Kier molecular flexibility index (Phi) is 7.95. The Morgan fingerprint density at radius 1 is 1.04 bits per heavy atom. The van der Waals surface area contributed by atoms with Crippen molar-refractivity contribution >= 4 is 40.5 Å². The highest BCUT2D eigenvalue weighted by molar-refractivity contribution is 7.80. The van der Waals surface area contributed by atoms with Crippen molar-refractivity contribution < 1.29 is 14.3 Å².